The van der Waals surface area contributed by atoms with E-state index in [9.17, 15) is 43.9 Å². The Labute approximate surface area is 385 Å². The highest BCUT2D eigenvalue weighted by atomic mass is 19.2. The van der Waals surface area contributed by atoms with Crippen LogP contribution in [0.4, 0.5) is 43.9 Å². The molecule has 7 aromatic carbocycles. The van der Waals surface area contributed by atoms with Crippen LogP contribution in [0.25, 0.3) is 0 Å². The van der Waals surface area contributed by atoms with Gasteiger partial charge in [0.2, 0.25) is 0 Å². The predicted octanol–water partition coefficient (Wildman–Crippen LogP) is 17.5. The van der Waals surface area contributed by atoms with Gasteiger partial charge in [-0.3, -0.25) is 0 Å². The number of rotatable bonds is 0. The van der Waals surface area contributed by atoms with Crippen molar-refractivity contribution in [2.24, 2.45) is 0 Å². The fraction of sp³-hybridized carbons (Fsp3) is 0.250. The van der Waals surface area contributed by atoms with E-state index < -0.39 is 34.9 Å². The number of halogens is 10. The zero-order chi connectivity index (χ0) is 50.6. The summed E-state index contributed by atoms with van der Waals surface area (Å²) in [4.78, 5) is 0. The van der Waals surface area contributed by atoms with Gasteiger partial charge in [-0.15, -0.1) is 0 Å². The van der Waals surface area contributed by atoms with Crippen LogP contribution in [0.2, 0.25) is 0 Å². The van der Waals surface area contributed by atoms with Crippen LogP contribution >= 0.6 is 0 Å². The van der Waals surface area contributed by atoms with E-state index in [0.717, 1.165) is 11.1 Å². The van der Waals surface area contributed by atoms with Gasteiger partial charge in [-0.2, -0.15) is 0 Å². The number of benzene rings is 7. The van der Waals surface area contributed by atoms with Crippen molar-refractivity contribution in [3.05, 3.63) is 245 Å². The van der Waals surface area contributed by atoms with Crippen molar-refractivity contribution in [1.82, 2.24) is 0 Å². The average Bonchev–Trinajstić information content (AvgIpc) is 3.24. The Hall–Kier alpha value is -6.16. The second-order valence-electron chi connectivity index (χ2n) is 16.0. The molecular weight excluding hydrogens is 863 g/mol. The van der Waals surface area contributed by atoms with Gasteiger partial charge in [0.05, 0.1) is 0 Å². The fourth-order valence-corrected chi connectivity index (χ4v) is 5.06. The Morgan fingerprint density at radius 2 is 0.409 bits per heavy atom. The molecule has 0 aromatic heterocycles. The molecule has 0 unspecified atom stereocenters. The van der Waals surface area contributed by atoms with E-state index in [1.165, 1.54) is 101 Å². The Kier molecular flexibility index (Phi) is 24.5. The molecule has 7 aromatic rings. The molecule has 0 aliphatic carbocycles. The first-order chi connectivity index (χ1) is 30.6. The van der Waals surface area contributed by atoms with Gasteiger partial charge in [-0.05, 0) is 201 Å². The summed E-state index contributed by atoms with van der Waals surface area (Å²) in [5, 5.41) is 0. The van der Waals surface area contributed by atoms with E-state index in [4.69, 9.17) is 0 Å². The van der Waals surface area contributed by atoms with Crippen LogP contribution < -0.4 is 0 Å². The van der Waals surface area contributed by atoms with Gasteiger partial charge >= 0.3 is 0 Å². The maximum Gasteiger partial charge on any atom is 0.161 e. The summed E-state index contributed by atoms with van der Waals surface area (Å²) in [5.41, 5.74) is 8.82. The third-order valence-electron chi connectivity index (χ3n) is 9.63. The molecule has 10 heteroatoms. The van der Waals surface area contributed by atoms with Gasteiger partial charge in [0.1, 0.15) is 46.5 Å². The van der Waals surface area contributed by atoms with E-state index in [1.807, 2.05) is 26.0 Å². The summed E-state index contributed by atoms with van der Waals surface area (Å²) in [5.74, 6) is -4.30. The quantitative estimate of drug-likeness (QED) is 0.133. The highest BCUT2D eigenvalue weighted by Crippen LogP contribution is 2.16. The summed E-state index contributed by atoms with van der Waals surface area (Å²) in [6.07, 6.45) is 0. The number of aryl methyl sites for hydroxylation is 12. The van der Waals surface area contributed by atoms with Gasteiger partial charge in [-0.25, -0.2) is 43.9 Å². The van der Waals surface area contributed by atoms with Crippen LogP contribution in [0.5, 0.6) is 0 Å². The van der Waals surface area contributed by atoms with E-state index in [0.29, 0.717) is 44.5 Å². The first kappa shape index (κ1) is 57.9. The van der Waals surface area contributed by atoms with Crippen molar-refractivity contribution >= 4 is 0 Å². The van der Waals surface area contributed by atoms with Crippen molar-refractivity contribution in [2.75, 3.05) is 0 Å². The minimum atomic E-state index is -0.736. The molecule has 354 valence electrons. The molecule has 0 heterocycles. The second kappa shape index (κ2) is 28.0. The smallest absolute Gasteiger partial charge is 0.161 e. The SMILES string of the molecule is Cc1cc(F)c(C)c(F)c1.Cc1cc(F)c(C)c(F)c1.Cc1cc(F)c(C)cc1F.Cc1ccc(C)c(F)c1.Cc1ccc(C)c(F)c1.Cc1ccc(C)c(F)c1F.Cc1ccc(C)cc1. The monoisotopic (exact) mass is 922 g/mol. The Morgan fingerprint density at radius 3 is 0.652 bits per heavy atom. The topological polar surface area (TPSA) is 0 Å². The third kappa shape index (κ3) is 20.8. The molecule has 0 radical (unpaired) electrons. The standard InChI is InChI=1S/4C8H8F2.2C8H9F.C8H10/c1-5-3-8(10)6(2)4-7(5)9;2*1-5-3-7(9)6(2)8(10)4-5;1-5-3-4-6(2)8(10)7(5)9;2*1-6-3-4-7(2)8(9)5-6;1-7-3-5-8(2)6-4-7/h4*3-4H,1-2H3;2*3-5H,1-2H3;3-6H,1-2H3. The first-order valence-electron chi connectivity index (χ1n) is 20.8. The van der Waals surface area contributed by atoms with Gasteiger partial charge in [0, 0.05) is 11.1 Å². The second-order valence-corrected chi connectivity index (χ2v) is 16.0. The molecular formula is C56H60F10. The Bertz CT molecular complexity index is 2380. The van der Waals surface area contributed by atoms with Crippen LogP contribution in [-0.2, 0) is 0 Å². The van der Waals surface area contributed by atoms with Crippen molar-refractivity contribution in [3.8, 4) is 0 Å². The maximum atomic E-state index is 12.6. The van der Waals surface area contributed by atoms with Crippen molar-refractivity contribution in [2.45, 2.75) is 96.9 Å². The van der Waals surface area contributed by atoms with Gasteiger partial charge in [0.25, 0.3) is 0 Å². The summed E-state index contributed by atoms with van der Waals surface area (Å²) in [6.45, 7) is 23.8. The molecule has 0 atom stereocenters. The zero-order valence-electron chi connectivity index (χ0n) is 40.2. The van der Waals surface area contributed by atoms with E-state index in [2.05, 4.69) is 38.1 Å². The summed E-state index contributed by atoms with van der Waals surface area (Å²) >= 11 is 0. The normalized spacial score (nSPS) is 9.82. The predicted molar refractivity (Wildman–Crippen MR) is 251 cm³/mol. The van der Waals surface area contributed by atoms with Crippen LogP contribution in [0.15, 0.2) is 109 Å². The molecule has 0 saturated heterocycles. The minimum absolute atomic E-state index is 0.0885. The highest BCUT2D eigenvalue weighted by Gasteiger charge is 2.07. The largest absolute Gasteiger partial charge is 0.207 e. The molecule has 0 spiro atoms. The Balaban J connectivity index is 0.000000385. The summed E-state index contributed by atoms with van der Waals surface area (Å²) in [6, 6.07) is 29.7. The lowest BCUT2D eigenvalue weighted by Crippen LogP contribution is -1.91. The minimum Gasteiger partial charge on any atom is -0.207 e. The fourth-order valence-electron chi connectivity index (χ4n) is 5.06. The molecule has 66 heavy (non-hydrogen) atoms. The molecule has 0 saturated carbocycles. The lowest BCUT2D eigenvalue weighted by molar-refractivity contribution is 0.497. The van der Waals surface area contributed by atoms with Crippen LogP contribution in [0.3, 0.4) is 0 Å². The van der Waals surface area contributed by atoms with E-state index in [-0.39, 0.29) is 34.4 Å². The lowest BCUT2D eigenvalue weighted by atomic mass is 10.1. The highest BCUT2D eigenvalue weighted by molar-refractivity contribution is 5.27. The molecule has 0 amide bonds. The van der Waals surface area contributed by atoms with Gasteiger partial charge in [0.15, 0.2) is 11.6 Å². The zero-order valence-corrected chi connectivity index (χ0v) is 40.2. The van der Waals surface area contributed by atoms with Gasteiger partial charge < -0.3 is 0 Å². The molecule has 0 aliphatic rings. The molecule has 0 nitrogen and oxygen atoms in total. The number of hydrogen-bond donors (Lipinski definition) is 0. The van der Waals surface area contributed by atoms with E-state index in [1.54, 1.807) is 52.0 Å². The van der Waals surface area contributed by atoms with Crippen molar-refractivity contribution in [1.29, 1.82) is 0 Å². The Morgan fingerprint density at radius 1 is 0.197 bits per heavy atom. The number of hydrogen-bond acceptors (Lipinski definition) is 0. The molecule has 0 aliphatic heterocycles. The van der Waals surface area contributed by atoms with Crippen LogP contribution in [0, 0.1) is 155 Å². The van der Waals surface area contributed by atoms with Gasteiger partial charge in [-0.1, -0.05) is 71.8 Å². The molecule has 0 bridgehead atoms. The van der Waals surface area contributed by atoms with Crippen LogP contribution in [0.1, 0.15) is 77.9 Å². The van der Waals surface area contributed by atoms with Crippen LogP contribution in [-0.4, -0.2) is 0 Å². The molecule has 0 N–H and O–H groups in total. The molecule has 0 fully saturated rings. The average molecular weight is 923 g/mol. The third-order valence-corrected chi connectivity index (χ3v) is 9.63. The first-order valence-corrected chi connectivity index (χ1v) is 20.8. The van der Waals surface area contributed by atoms with Crippen molar-refractivity contribution < 1.29 is 43.9 Å². The summed E-state index contributed by atoms with van der Waals surface area (Å²) in [7, 11) is 0. The lowest BCUT2D eigenvalue weighted by Gasteiger charge is -1.99. The molecule has 7 rings (SSSR count). The van der Waals surface area contributed by atoms with Crippen molar-refractivity contribution in [3.63, 3.8) is 0 Å². The summed E-state index contributed by atoms with van der Waals surface area (Å²) < 4.78 is 126. The maximum absolute atomic E-state index is 12.6. The van der Waals surface area contributed by atoms with E-state index >= 15 is 0 Å².